The molecule has 1 aliphatic rings. The summed E-state index contributed by atoms with van der Waals surface area (Å²) in [5.41, 5.74) is 0.368. The molecular formula is C13H18N2O2. The van der Waals surface area contributed by atoms with Crippen LogP contribution in [0.25, 0.3) is 0 Å². The van der Waals surface area contributed by atoms with Gasteiger partial charge in [-0.15, -0.1) is 0 Å². The van der Waals surface area contributed by atoms with Crippen LogP contribution >= 0.6 is 0 Å². The second-order valence-electron chi connectivity index (χ2n) is 4.68. The summed E-state index contributed by atoms with van der Waals surface area (Å²) in [5, 5.41) is 0. The summed E-state index contributed by atoms with van der Waals surface area (Å²) in [5.74, 6) is 0.601. The minimum atomic E-state index is -0.137. The van der Waals surface area contributed by atoms with Crippen LogP contribution in [0.5, 0.6) is 0 Å². The van der Waals surface area contributed by atoms with Crippen molar-refractivity contribution in [1.29, 1.82) is 0 Å². The van der Waals surface area contributed by atoms with Gasteiger partial charge in [0.05, 0.1) is 0 Å². The number of pyridine rings is 1. The minimum absolute atomic E-state index is 0.0151. The first-order chi connectivity index (χ1) is 8.11. The number of hydrogen-bond acceptors (Lipinski definition) is 2. The van der Waals surface area contributed by atoms with Crippen molar-refractivity contribution >= 4 is 5.91 Å². The molecule has 1 fully saturated rings. The van der Waals surface area contributed by atoms with Crippen LogP contribution in [0, 0.1) is 5.92 Å². The van der Waals surface area contributed by atoms with Crippen molar-refractivity contribution in [2.45, 2.75) is 19.8 Å². The largest absolute Gasteiger partial charge is 0.338 e. The van der Waals surface area contributed by atoms with E-state index >= 15 is 0 Å². The van der Waals surface area contributed by atoms with Crippen LogP contribution in [-0.2, 0) is 7.05 Å². The van der Waals surface area contributed by atoms with Gasteiger partial charge in [0.2, 0.25) is 0 Å². The van der Waals surface area contributed by atoms with E-state index in [-0.39, 0.29) is 11.5 Å². The first-order valence-corrected chi connectivity index (χ1v) is 6.07. The molecular weight excluding hydrogens is 216 g/mol. The van der Waals surface area contributed by atoms with Gasteiger partial charge in [-0.25, -0.2) is 0 Å². The average Bonchev–Trinajstić information content (AvgIpc) is 2.80. The predicted octanol–water partition coefficient (Wildman–Crippen LogP) is 1.26. The lowest BCUT2D eigenvalue weighted by Crippen LogP contribution is -2.30. The van der Waals surface area contributed by atoms with E-state index in [1.807, 2.05) is 4.90 Å². The van der Waals surface area contributed by atoms with Crippen LogP contribution < -0.4 is 5.56 Å². The van der Waals surface area contributed by atoms with Crippen molar-refractivity contribution in [3.8, 4) is 0 Å². The summed E-state index contributed by atoms with van der Waals surface area (Å²) < 4.78 is 1.47. The lowest BCUT2D eigenvalue weighted by Gasteiger charge is -2.16. The second kappa shape index (κ2) is 4.73. The average molecular weight is 234 g/mol. The maximum atomic E-state index is 12.1. The molecule has 0 N–H and O–H groups in total. The molecule has 4 nitrogen and oxygen atoms in total. The van der Waals surface area contributed by atoms with Crippen molar-refractivity contribution < 1.29 is 4.79 Å². The van der Waals surface area contributed by atoms with Crippen molar-refractivity contribution in [3.05, 3.63) is 34.2 Å². The van der Waals surface area contributed by atoms with E-state index in [9.17, 15) is 9.59 Å². The fourth-order valence-electron chi connectivity index (χ4n) is 2.21. The van der Waals surface area contributed by atoms with Crippen LogP contribution in [0.4, 0.5) is 0 Å². The number of nitrogens with zero attached hydrogens (tertiary/aromatic N) is 2. The van der Waals surface area contributed by atoms with Crippen molar-refractivity contribution in [2.75, 3.05) is 13.1 Å². The van der Waals surface area contributed by atoms with Gasteiger partial charge >= 0.3 is 0 Å². The minimum Gasteiger partial charge on any atom is -0.338 e. The Morgan fingerprint density at radius 1 is 1.53 bits per heavy atom. The number of rotatable bonds is 2. The highest BCUT2D eigenvalue weighted by molar-refractivity contribution is 5.94. The molecule has 0 aromatic carbocycles. The quantitative estimate of drug-likeness (QED) is 0.773. The topological polar surface area (TPSA) is 42.3 Å². The third-order valence-corrected chi connectivity index (χ3v) is 3.50. The molecule has 2 heterocycles. The van der Waals surface area contributed by atoms with Gasteiger partial charge < -0.3 is 9.47 Å². The van der Waals surface area contributed by atoms with Gasteiger partial charge in [0, 0.05) is 38.0 Å². The lowest BCUT2D eigenvalue weighted by molar-refractivity contribution is 0.0786. The zero-order valence-corrected chi connectivity index (χ0v) is 10.3. The Morgan fingerprint density at radius 3 is 2.88 bits per heavy atom. The molecule has 4 heteroatoms. The number of hydrogen-bond donors (Lipinski definition) is 0. The van der Waals surface area contributed by atoms with E-state index in [0.29, 0.717) is 11.5 Å². The highest BCUT2D eigenvalue weighted by Crippen LogP contribution is 2.20. The first-order valence-electron chi connectivity index (χ1n) is 6.07. The Hall–Kier alpha value is -1.58. The Labute approximate surface area is 101 Å². The normalized spacial score (nSPS) is 19.6. The number of carbonyl (C=O) groups excluding carboxylic acids is 1. The fraction of sp³-hybridized carbons (Fsp3) is 0.538. The van der Waals surface area contributed by atoms with E-state index in [1.54, 1.807) is 19.3 Å². The number of aryl methyl sites for hydroxylation is 1. The molecule has 92 valence electrons. The van der Waals surface area contributed by atoms with E-state index in [2.05, 4.69) is 6.92 Å². The van der Waals surface area contributed by atoms with Crippen LogP contribution in [0.1, 0.15) is 30.1 Å². The van der Waals surface area contributed by atoms with Gasteiger partial charge in [0.25, 0.3) is 11.5 Å². The zero-order chi connectivity index (χ0) is 12.4. The summed E-state index contributed by atoms with van der Waals surface area (Å²) in [6.07, 6.45) is 3.83. The Balaban J connectivity index is 2.15. The molecule has 0 spiro atoms. The third kappa shape index (κ3) is 2.40. The van der Waals surface area contributed by atoms with E-state index in [0.717, 1.165) is 25.9 Å². The molecule has 1 atom stereocenters. The van der Waals surface area contributed by atoms with E-state index in [1.165, 1.54) is 10.6 Å². The highest BCUT2D eigenvalue weighted by Gasteiger charge is 2.25. The molecule has 0 aliphatic carbocycles. The van der Waals surface area contributed by atoms with Crippen molar-refractivity contribution in [3.63, 3.8) is 0 Å². The maximum absolute atomic E-state index is 12.1. The van der Waals surface area contributed by atoms with Crippen LogP contribution in [-0.4, -0.2) is 28.5 Å². The van der Waals surface area contributed by atoms with Gasteiger partial charge in [-0.05, 0) is 18.4 Å². The molecule has 17 heavy (non-hydrogen) atoms. The number of amides is 1. The van der Waals surface area contributed by atoms with Crippen molar-refractivity contribution in [1.82, 2.24) is 9.47 Å². The van der Waals surface area contributed by atoms with Gasteiger partial charge in [-0.2, -0.15) is 0 Å². The molecule has 1 aliphatic heterocycles. The van der Waals surface area contributed by atoms with E-state index < -0.39 is 0 Å². The van der Waals surface area contributed by atoms with E-state index in [4.69, 9.17) is 0 Å². The van der Waals surface area contributed by atoms with Gasteiger partial charge in [0.1, 0.15) is 0 Å². The van der Waals surface area contributed by atoms with Crippen LogP contribution in [0.3, 0.4) is 0 Å². The van der Waals surface area contributed by atoms with Crippen molar-refractivity contribution in [2.24, 2.45) is 13.0 Å². The summed E-state index contributed by atoms with van der Waals surface area (Å²) in [6, 6.07) is 3.13. The SMILES string of the molecule is CCC1CCN(C(=O)c2ccn(C)c(=O)c2)C1. The molecule has 1 aromatic heterocycles. The smallest absolute Gasteiger partial charge is 0.254 e. The van der Waals surface area contributed by atoms with Crippen LogP contribution in [0.15, 0.2) is 23.1 Å². The first kappa shape index (κ1) is 11.9. The standard InChI is InChI=1S/C13H18N2O2/c1-3-10-4-7-15(9-10)13(17)11-5-6-14(2)12(16)8-11/h5-6,8,10H,3-4,7,9H2,1-2H3. The molecule has 1 unspecified atom stereocenters. The molecule has 1 aromatic rings. The molecule has 1 saturated heterocycles. The van der Waals surface area contributed by atoms with Gasteiger partial charge in [-0.1, -0.05) is 13.3 Å². The zero-order valence-electron chi connectivity index (χ0n) is 10.3. The fourth-order valence-corrected chi connectivity index (χ4v) is 2.21. The monoisotopic (exact) mass is 234 g/mol. The van der Waals surface area contributed by atoms with Gasteiger partial charge in [-0.3, -0.25) is 9.59 Å². The number of carbonyl (C=O) groups is 1. The molecule has 1 amide bonds. The lowest BCUT2D eigenvalue weighted by atomic mass is 10.1. The number of aromatic nitrogens is 1. The summed E-state index contributed by atoms with van der Waals surface area (Å²) in [6.45, 7) is 3.79. The molecule has 0 saturated carbocycles. The highest BCUT2D eigenvalue weighted by atomic mass is 16.2. The van der Waals surface area contributed by atoms with Gasteiger partial charge in [0.15, 0.2) is 0 Å². The van der Waals surface area contributed by atoms with Crippen LogP contribution in [0.2, 0.25) is 0 Å². The molecule has 0 radical (unpaired) electrons. The maximum Gasteiger partial charge on any atom is 0.254 e. The Kier molecular flexibility index (Phi) is 3.31. The Morgan fingerprint density at radius 2 is 2.29 bits per heavy atom. The summed E-state index contributed by atoms with van der Waals surface area (Å²) >= 11 is 0. The second-order valence-corrected chi connectivity index (χ2v) is 4.68. The molecule has 0 bridgehead atoms. The third-order valence-electron chi connectivity index (χ3n) is 3.50. The number of likely N-dealkylation sites (tertiary alicyclic amines) is 1. The molecule has 2 rings (SSSR count). The Bertz CT molecular complexity index is 479. The predicted molar refractivity (Wildman–Crippen MR) is 66.0 cm³/mol. The summed E-state index contributed by atoms with van der Waals surface area (Å²) in [4.78, 5) is 25.5. The summed E-state index contributed by atoms with van der Waals surface area (Å²) in [7, 11) is 1.68.